The first-order chi connectivity index (χ1) is 6.88. The zero-order chi connectivity index (χ0) is 10.2. The number of rotatable bonds is 4. The van der Waals surface area contributed by atoms with Crippen molar-refractivity contribution in [3.05, 3.63) is 47.5 Å². The van der Waals surface area contributed by atoms with Crippen LogP contribution in [-0.4, -0.2) is 0 Å². The Morgan fingerprint density at radius 1 is 1.07 bits per heavy atom. The molecular weight excluding hydrogens is 168 g/mol. The van der Waals surface area contributed by atoms with Gasteiger partial charge in [0.05, 0.1) is 0 Å². The van der Waals surface area contributed by atoms with Gasteiger partial charge in [0, 0.05) is 0 Å². The molecule has 0 aliphatic heterocycles. The summed E-state index contributed by atoms with van der Waals surface area (Å²) in [5, 5.41) is 0. The maximum absolute atomic E-state index is 2.24. The Labute approximate surface area is 87.0 Å². The molecule has 1 aromatic carbocycles. The summed E-state index contributed by atoms with van der Waals surface area (Å²) in [5.41, 5.74) is 2.60. The third-order valence-corrected chi connectivity index (χ3v) is 2.09. The smallest absolute Gasteiger partial charge is 0.0187 e. The molecule has 1 rings (SSSR count). The maximum Gasteiger partial charge on any atom is -0.0187 e. The van der Waals surface area contributed by atoms with Crippen LogP contribution >= 0.6 is 0 Å². The number of unbranched alkanes of at least 4 members (excludes halogenated alkanes) is 1. The van der Waals surface area contributed by atoms with Gasteiger partial charge in [0.2, 0.25) is 0 Å². The summed E-state index contributed by atoms with van der Waals surface area (Å²) in [6, 6.07) is 8.46. The highest BCUT2D eigenvalue weighted by atomic mass is 14.0. The molecule has 0 bridgehead atoms. The lowest BCUT2D eigenvalue weighted by Gasteiger charge is -1.99. The van der Waals surface area contributed by atoms with Gasteiger partial charge in [-0.2, -0.15) is 0 Å². The molecule has 74 valence electrons. The summed E-state index contributed by atoms with van der Waals surface area (Å²) in [5.74, 6) is 0. The second-order valence-corrected chi connectivity index (χ2v) is 3.32. The van der Waals surface area contributed by atoms with Crippen molar-refractivity contribution in [1.82, 2.24) is 0 Å². The fourth-order valence-corrected chi connectivity index (χ4v) is 1.37. The molecule has 0 saturated heterocycles. The molecule has 0 unspecified atom stereocenters. The molecule has 0 aromatic heterocycles. The van der Waals surface area contributed by atoms with E-state index in [1.54, 1.807) is 0 Å². The Kier molecular flexibility index (Phi) is 4.77. The fourth-order valence-electron chi connectivity index (χ4n) is 1.37. The molecule has 0 amide bonds. The van der Waals surface area contributed by atoms with Crippen LogP contribution in [0.2, 0.25) is 0 Å². The zero-order valence-corrected chi connectivity index (χ0v) is 9.03. The van der Waals surface area contributed by atoms with Gasteiger partial charge in [-0.05, 0) is 24.5 Å². The first-order valence-electron chi connectivity index (χ1n) is 5.26. The Hall–Kier alpha value is -1.30. The maximum atomic E-state index is 2.24. The van der Waals surface area contributed by atoms with Crippen LogP contribution in [0.3, 0.4) is 0 Å². The summed E-state index contributed by atoms with van der Waals surface area (Å²) in [7, 11) is 0. The highest BCUT2D eigenvalue weighted by Crippen LogP contribution is 2.13. The van der Waals surface area contributed by atoms with Crippen molar-refractivity contribution in [2.45, 2.75) is 26.7 Å². The normalized spacial score (nSPS) is 11.6. The number of allylic oxidation sites excluding steroid dienone is 2. The third kappa shape index (κ3) is 3.21. The van der Waals surface area contributed by atoms with Crippen molar-refractivity contribution in [2.24, 2.45) is 0 Å². The van der Waals surface area contributed by atoms with Gasteiger partial charge in [-0.3, -0.25) is 0 Å². The van der Waals surface area contributed by atoms with E-state index in [9.17, 15) is 0 Å². The third-order valence-electron chi connectivity index (χ3n) is 2.09. The topological polar surface area (TPSA) is 0 Å². The summed E-state index contributed by atoms with van der Waals surface area (Å²) in [6.45, 7) is 4.24. The van der Waals surface area contributed by atoms with Gasteiger partial charge in [0.15, 0.2) is 0 Å². The van der Waals surface area contributed by atoms with Gasteiger partial charge < -0.3 is 0 Å². The van der Waals surface area contributed by atoms with Crippen LogP contribution in [0.5, 0.6) is 0 Å². The SMILES string of the molecule is C/C=C\c1ccccc1/C=C\CCC. The van der Waals surface area contributed by atoms with Gasteiger partial charge in [0.25, 0.3) is 0 Å². The predicted molar refractivity (Wildman–Crippen MR) is 65.1 cm³/mol. The molecule has 0 saturated carbocycles. The van der Waals surface area contributed by atoms with Crippen molar-refractivity contribution in [1.29, 1.82) is 0 Å². The molecule has 0 N–H and O–H groups in total. The molecule has 14 heavy (non-hydrogen) atoms. The molecule has 0 aliphatic carbocycles. The van der Waals surface area contributed by atoms with Gasteiger partial charge in [-0.25, -0.2) is 0 Å². The molecule has 0 atom stereocenters. The van der Waals surface area contributed by atoms with Crippen molar-refractivity contribution in [2.75, 3.05) is 0 Å². The lowest BCUT2D eigenvalue weighted by Crippen LogP contribution is -1.78. The standard InChI is InChI=1S/C14H18/c1-3-5-6-10-14-12-8-7-11-13(14)9-4-2/h4,6-12H,3,5H2,1-2H3/b9-4-,10-6-. The van der Waals surface area contributed by atoms with Crippen LogP contribution in [0, 0.1) is 0 Å². The minimum Gasteiger partial charge on any atom is -0.0870 e. The van der Waals surface area contributed by atoms with E-state index in [2.05, 4.69) is 55.5 Å². The molecule has 0 aliphatic rings. The lowest BCUT2D eigenvalue weighted by molar-refractivity contribution is 0.962. The molecular formula is C14H18. The van der Waals surface area contributed by atoms with Gasteiger partial charge >= 0.3 is 0 Å². The fraction of sp³-hybridized carbons (Fsp3) is 0.286. The quantitative estimate of drug-likeness (QED) is 0.648. The van der Waals surface area contributed by atoms with E-state index in [1.165, 1.54) is 17.5 Å². The highest BCUT2D eigenvalue weighted by molar-refractivity contribution is 5.64. The second-order valence-electron chi connectivity index (χ2n) is 3.32. The van der Waals surface area contributed by atoms with E-state index in [-0.39, 0.29) is 0 Å². The lowest BCUT2D eigenvalue weighted by atomic mass is 10.1. The van der Waals surface area contributed by atoms with Crippen molar-refractivity contribution < 1.29 is 0 Å². The second kappa shape index (κ2) is 6.20. The van der Waals surface area contributed by atoms with Gasteiger partial charge in [0.1, 0.15) is 0 Å². The minimum atomic E-state index is 1.16. The van der Waals surface area contributed by atoms with Crippen LogP contribution in [0.25, 0.3) is 12.2 Å². The number of hydrogen-bond donors (Lipinski definition) is 0. The molecule has 0 radical (unpaired) electrons. The number of hydrogen-bond acceptors (Lipinski definition) is 0. The van der Waals surface area contributed by atoms with Gasteiger partial charge in [-0.1, -0.05) is 61.9 Å². The van der Waals surface area contributed by atoms with Crippen molar-refractivity contribution in [3.8, 4) is 0 Å². The molecule has 0 nitrogen and oxygen atoms in total. The highest BCUT2D eigenvalue weighted by Gasteiger charge is 1.92. The van der Waals surface area contributed by atoms with Crippen LogP contribution in [0.15, 0.2) is 36.4 Å². The Morgan fingerprint density at radius 3 is 2.29 bits per heavy atom. The van der Waals surface area contributed by atoms with E-state index in [1.807, 2.05) is 6.92 Å². The summed E-state index contributed by atoms with van der Waals surface area (Å²) >= 11 is 0. The Balaban J connectivity index is 2.84. The average Bonchev–Trinajstić information content (AvgIpc) is 2.21. The van der Waals surface area contributed by atoms with Crippen LogP contribution in [-0.2, 0) is 0 Å². The zero-order valence-electron chi connectivity index (χ0n) is 9.03. The molecule has 0 fully saturated rings. The Bertz CT molecular complexity index is 319. The molecule has 0 spiro atoms. The minimum absolute atomic E-state index is 1.16. The average molecular weight is 186 g/mol. The summed E-state index contributed by atoms with van der Waals surface area (Å²) in [6.07, 6.45) is 11.0. The van der Waals surface area contributed by atoms with E-state index in [0.717, 1.165) is 6.42 Å². The molecule has 0 heterocycles. The van der Waals surface area contributed by atoms with E-state index >= 15 is 0 Å². The summed E-state index contributed by atoms with van der Waals surface area (Å²) in [4.78, 5) is 0. The molecule has 0 heteroatoms. The predicted octanol–water partition coefficient (Wildman–Crippen LogP) is 4.53. The molecule has 1 aromatic rings. The van der Waals surface area contributed by atoms with E-state index in [4.69, 9.17) is 0 Å². The van der Waals surface area contributed by atoms with Crippen LogP contribution in [0.4, 0.5) is 0 Å². The summed E-state index contributed by atoms with van der Waals surface area (Å²) < 4.78 is 0. The number of benzene rings is 1. The van der Waals surface area contributed by atoms with Gasteiger partial charge in [-0.15, -0.1) is 0 Å². The first kappa shape index (κ1) is 10.8. The van der Waals surface area contributed by atoms with Crippen molar-refractivity contribution >= 4 is 12.2 Å². The van der Waals surface area contributed by atoms with Crippen molar-refractivity contribution in [3.63, 3.8) is 0 Å². The van der Waals surface area contributed by atoms with E-state index in [0.29, 0.717) is 0 Å². The first-order valence-corrected chi connectivity index (χ1v) is 5.26. The largest absolute Gasteiger partial charge is 0.0870 e. The monoisotopic (exact) mass is 186 g/mol. The van der Waals surface area contributed by atoms with Crippen LogP contribution < -0.4 is 0 Å². The van der Waals surface area contributed by atoms with Crippen LogP contribution in [0.1, 0.15) is 37.8 Å². The Morgan fingerprint density at radius 2 is 1.71 bits per heavy atom. The van der Waals surface area contributed by atoms with E-state index < -0.39 is 0 Å².